The van der Waals surface area contributed by atoms with Crippen LogP contribution in [0.2, 0.25) is 0 Å². The fourth-order valence-electron chi connectivity index (χ4n) is 4.73. The highest BCUT2D eigenvalue weighted by atomic mass is 16.5. The first kappa shape index (κ1) is 25.5. The molecule has 2 aromatic carbocycles. The van der Waals surface area contributed by atoms with E-state index >= 15 is 0 Å². The summed E-state index contributed by atoms with van der Waals surface area (Å²) in [6.45, 7) is 10.3. The second kappa shape index (κ2) is 10.6. The molecule has 2 aromatic heterocycles. The van der Waals surface area contributed by atoms with Crippen LogP contribution < -0.4 is 10.2 Å². The standard InChI is InChI=1S/C30H37N3O3/c1-18(2)8-12-25(24-11-9-19(3)14-26(24)33(6)7)31-29(34)16-22-10-13-27-23(15-22)17-28(35-27)30-20(4)32-36-21(30)5/h9-11,13-15,17-18,25H,8,12,16H2,1-7H3,(H,31,34). The van der Waals surface area contributed by atoms with E-state index in [0.29, 0.717) is 12.3 Å². The molecule has 0 radical (unpaired) electrons. The third kappa shape index (κ3) is 5.64. The number of hydrogen-bond acceptors (Lipinski definition) is 5. The number of aromatic nitrogens is 1. The molecule has 0 aliphatic carbocycles. The lowest BCUT2D eigenvalue weighted by molar-refractivity contribution is -0.121. The summed E-state index contributed by atoms with van der Waals surface area (Å²) in [7, 11) is 4.10. The van der Waals surface area contributed by atoms with Gasteiger partial charge in [-0.2, -0.15) is 0 Å². The molecular formula is C30H37N3O3. The van der Waals surface area contributed by atoms with Crippen molar-refractivity contribution in [3.63, 3.8) is 0 Å². The predicted octanol–water partition coefficient (Wildman–Crippen LogP) is 6.92. The molecular weight excluding hydrogens is 450 g/mol. The van der Waals surface area contributed by atoms with Crippen molar-refractivity contribution in [1.82, 2.24) is 10.5 Å². The van der Waals surface area contributed by atoms with E-state index in [9.17, 15) is 4.79 Å². The SMILES string of the molecule is Cc1ccc(C(CCC(C)C)NC(=O)Cc2ccc3oc(-c4c(C)noc4C)cc3c2)c(N(C)C)c1. The molecule has 4 aromatic rings. The number of carbonyl (C=O) groups excluding carboxylic acids is 1. The number of amides is 1. The second-order valence-corrected chi connectivity index (χ2v) is 10.4. The van der Waals surface area contributed by atoms with Crippen molar-refractivity contribution >= 4 is 22.6 Å². The van der Waals surface area contributed by atoms with Crippen molar-refractivity contribution in [2.45, 2.75) is 59.9 Å². The normalized spacial score (nSPS) is 12.3. The Hall–Kier alpha value is -3.54. The van der Waals surface area contributed by atoms with Crippen LogP contribution in [0.4, 0.5) is 5.69 Å². The van der Waals surface area contributed by atoms with E-state index in [0.717, 1.165) is 63.4 Å². The maximum Gasteiger partial charge on any atom is 0.224 e. The zero-order valence-electron chi connectivity index (χ0n) is 22.4. The van der Waals surface area contributed by atoms with Crippen LogP contribution in [0.1, 0.15) is 60.9 Å². The number of rotatable bonds is 9. The summed E-state index contributed by atoms with van der Waals surface area (Å²) in [5.74, 6) is 2.04. The minimum atomic E-state index is -0.0401. The molecule has 0 saturated heterocycles. The first-order valence-electron chi connectivity index (χ1n) is 12.6. The number of hydrogen-bond donors (Lipinski definition) is 1. The van der Waals surface area contributed by atoms with Crippen molar-refractivity contribution in [2.75, 3.05) is 19.0 Å². The molecule has 1 N–H and O–H groups in total. The van der Waals surface area contributed by atoms with Crippen molar-refractivity contribution in [1.29, 1.82) is 0 Å². The topological polar surface area (TPSA) is 71.5 Å². The van der Waals surface area contributed by atoms with Crippen LogP contribution >= 0.6 is 0 Å². The van der Waals surface area contributed by atoms with E-state index in [1.807, 2.05) is 38.1 Å². The molecule has 4 rings (SSSR count). The van der Waals surface area contributed by atoms with Gasteiger partial charge in [0.15, 0.2) is 0 Å². The Morgan fingerprint density at radius 2 is 1.81 bits per heavy atom. The van der Waals surface area contributed by atoms with Crippen LogP contribution in [0.5, 0.6) is 0 Å². The van der Waals surface area contributed by atoms with Gasteiger partial charge in [-0.1, -0.05) is 37.2 Å². The lowest BCUT2D eigenvalue weighted by Gasteiger charge is -2.26. The van der Waals surface area contributed by atoms with Crippen LogP contribution in [0, 0.1) is 26.7 Å². The molecule has 190 valence electrons. The van der Waals surface area contributed by atoms with Gasteiger partial charge in [0.05, 0.1) is 23.7 Å². The van der Waals surface area contributed by atoms with Gasteiger partial charge >= 0.3 is 0 Å². The van der Waals surface area contributed by atoms with Crippen LogP contribution in [0.3, 0.4) is 0 Å². The van der Waals surface area contributed by atoms with E-state index in [1.165, 1.54) is 5.56 Å². The van der Waals surface area contributed by atoms with E-state index in [1.54, 1.807) is 0 Å². The quantitative estimate of drug-likeness (QED) is 0.278. The molecule has 0 fully saturated rings. The summed E-state index contributed by atoms with van der Waals surface area (Å²) in [4.78, 5) is 15.4. The van der Waals surface area contributed by atoms with Crippen molar-refractivity contribution in [3.8, 4) is 11.3 Å². The first-order valence-corrected chi connectivity index (χ1v) is 12.6. The van der Waals surface area contributed by atoms with Gasteiger partial charge < -0.3 is 19.2 Å². The number of aryl methyl sites for hydroxylation is 3. The summed E-state index contributed by atoms with van der Waals surface area (Å²) < 4.78 is 11.3. The Morgan fingerprint density at radius 3 is 2.47 bits per heavy atom. The van der Waals surface area contributed by atoms with Crippen LogP contribution in [0.15, 0.2) is 51.4 Å². The van der Waals surface area contributed by atoms with E-state index in [4.69, 9.17) is 8.94 Å². The van der Waals surface area contributed by atoms with Crippen molar-refractivity contribution in [3.05, 3.63) is 70.6 Å². The van der Waals surface area contributed by atoms with Gasteiger partial charge in [-0.05, 0) is 80.5 Å². The lowest BCUT2D eigenvalue weighted by atomic mass is 9.94. The molecule has 1 amide bonds. The Kier molecular flexibility index (Phi) is 7.53. The molecule has 0 saturated carbocycles. The Labute approximate surface area is 213 Å². The Morgan fingerprint density at radius 1 is 1.03 bits per heavy atom. The predicted molar refractivity (Wildman–Crippen MR) is 145 cm³/mol. The number of fused-ring (bicyclic) bond motifs is 1. The van der Waals surface area contributed by atoms with E-state index < -0.39 is 0 Å². The third-order valence-electron chi connectivity index (χ3n) is 6.64. The first-order chi connectivity index (χ1) is 17.1. The highest BCUT2D eigenvalue weighted by Crippen LogP contribution is 2.33. The number of benzene rings is 2. The molecule has 1 atom stereocenters. The minimum Gasteiger partial charge on any atom is -0.456 e. The second-order valence-electron chi connectivity index (χ2n) is 10.4. The zero-order valence-corrected chi connectivity index (χ0v) is 22.4. The van der Waals surface area contributed by atoms with Gasteiger partial charge in [-0.25, -0.2) is 0 Å². The third-order valence-corrected chi connectivity index (χ3v) is 6.64. The molecule has 0 aliphatic heterocycles. The van der Waals surface area contributed by atoms with E-state index in [2.05, 4.69) is 68.4 Å². The summed E-state index contributed by atoms with van der Waals surface area (Å²) in [6, 6.07) is 14.3. The van der Waals surface area contributed by atoms with Gasteiger partial charge in [0.2, 0.25) is 5.91 Å². The van der Waals surface area contributed by atoms with Gasteiger partial charge in [-0.3, -0.25) is 4.79 Å². The number of nitrogens with one attached hydrogen (secondary N) is 1. The summed E-state index contributed by atoms with van der Waals surface area (Å²) in [5.41, 5.74) is 6.93. The molecule has 1 unspecified atom stereocenters. The van der Waals surface area contributed by atoms with Crippen molar-refractivity contribution in [2.24, 2.45) is 5.92 Å². The lowest BCUT2D eigenvalue weighted by Crippen LogP contribution is -2.31. The summed E-state index contributed by atoms with van der Waals surface area (Å²) in [6.07, 6.45) is 2.25. The molecule has 36 heavy (non-hydrogen) atoms. The van der Waals surface area contributed by atoms with Gasteiger partial charge in [-0.15, -0.1) is 0 Å². The minimum absolute atomic E-state index is 0.0165. The monoisotopic (exact) mass is 487 g/mol. The highest BCUT2D eigenvalue weighted by Gasteiger charge is 2.20. The number of anilines is 1. The maximum atomic E-state index is 13.2. The smallest absolute Gasteiger partial charge is 0.224 e. The number of furan rings is 1. The Bertz CT molecular complexity index is 1340. The number of nitrogens with zero attached hydrogens (tertiary/aromatic N) is 2. The Balaban J connectivity index is 1.55. The van der Waals surface area contributed by atoms with Gasteiger partial charge in [0.25, 0.3) is 0 Å². The molecule has 2 heterocycles. The van der Waals surface area contributed by atoms with Gasteiger partial charge in [0.1, 0.15) is 17.1 Å². The average Bonchev–Trinajstić information content (AvgIpc) is 3.37. The largest absolute Gasteiger partial charge is 0.456 e. The zero-order chi connectivity index (χ0) is 26.0. The summed E-state index contributed by atoms with van der Waals surface area (Å²) >= 11 is 0. The fraction of sp³-hybridized carbons (Fsp3) is 0.400. The van der Waals surface area contributed by atoms with Crippen LogP contribution in [-0.2, 0) is 11.2 Å². The van der Waals surface area contributed by atoms with Crippen LogP contribution in [-0.4, -0.2) is 25.2 Å². The highest BCUT2D eigenvalue weighted by molar-refractivity contribution is 5.86. The molecule has 0 spiro atoms. The van der Waals surface area contributed by atoms with Crippen LogP contribution in [0.25, 0.3) is 22.3 Å². The maximum absolute atomic E-state index is 13.2. The molecule has 6 nitrogen and oxygen atoms in total. The average molecular weight is 488 g/mol. The summed E-state index contributed by atoms with van der Waals surface area (Å²) in [5, 5.41) is 8.32. The molecule has 0 bridgehead atoms. The molecule has 0 aliphatic rings. The molecule has 6 heteroatoms. The number of carbonyl (C=O) groups is 1. The fourth-order valence-corrected chi connectivity index (χ4v) is 4.73. The van der Waals surface area contributed by atoms with Crippen molar-refractivity contribution < 1.29 is 13.7 Å². The van der Waals surface area contributed by atoms with Gasteiger partial charge in [0, 0.05) is 25.2 Å². The van der Waals surface area contributed by atoms with E-state index in [-0.39, 0.29) is 11.9 Å².